The molecule has 0 aliphatic carbocycles. The maximum Gasteiger partial charge on any atom is 0.253 e. The van der Waals surface area contributed by atoms with E-state index in [1.165, 1.54) is 0 Å². The topological polar surface area (TPSA) is 29.1 Å². The molecule has 4 heteroatoms. The highest BCUT2D eigenvalue weighted by atomic mass is 127. The second-order valence-electron chi connectivity index (χ2n) is 4.33. The largest absolute Gasteiger partial charge is 0.347 e. The van der Waals surface area contributed by atoms with Gasteiger partial charge in [-0.3, -0.25) is 4.79 Å². The van der Waals surface area contributed by atoms with E-state index in [0.29, 0.717) is 10.6 Å². The molecule has 0 aliphatic heterocycles. The Morgan fingerprint density at radius 2 is 2.00 bits per heavy atom. The van der Waals surface area contributed by atoms with Gasteiger partial charge < -0.3 is 5.32 Å². The minimum Gasteiger partial charge on any atom is -0.347 e. The molecule has 2 nitrogen and oxygen atoms in total. The fourth-order valence-electron chi connectivity index (χ4n) is 1.08. The van der Waals surface area contributed by atoms with E-state index in [1.807, 2.05) is 26.8 Å². The van der Waals surface area contributed by atoms with E-state index in [4.69, 9.17) is 11.6 Å². The Labute approximate surface area is 109 Å². The summed E-state index contributed by atoms with van der Waals surface area (Å²) in [5.74, 6) is -0.133. The predicted molar refractivity (Wildman–Crippen MR) is 71.4 cm³/mol. The number of amides is 1. The summed E-state index contributed by atoms with van der Waals surface area (Å²) in [5, 5.41) is 3.36. The van der Waals surface area contributed by atoms with Gasteiger partial charge in [0.15, 0.2) is 0 Å². The summed E-state index contributed by atoms with van der Waals surface area (Å²) < 4.78 is 0.996. The van der Waals surface area contributed by atoms with Crippen molar-refractivity contribution in [3.8, 4) is 0 Å². The lowest BCUT2D eigenvalue weighted by Gasteiger charge is -2.20. The Kier molecular flexibility index (Phi) is 4.00. The zero-order valence-electron chi connectivity index (χ0n) is 8.90. The third kappa shape index (κ3) is 3.99. The molecule has 0 radical (unpaired) electrons. The normalized spacial score (nSPS) is 11.3. The van der Waals surface area contributed by atoms with E-state index in [9.17, 15) is 4.79 Å². The maximum atomic E-state index is 11.8. The summed E-state index contributed by atoms with van der Waals surface area (Å²) >= 11 is 8.11. The van der Waals surface area contributed by atoms with Gasteiger partial charge in [0.25, 0.3) is 5.91 Å². The molecule has 0 saturated heterocycles. The molecule has 82 valence electrons. The summed E-state index contributed by atoms with van der Waals surface area (Å²) in [5.41, 5.74) is 0.278. The minimum absolute atomic E-state index is 0.133. The van der Waals surface area contributed by atoms with Crippen LogP contribution in [0.4, 0.5) is 0 Å². The minimum atomic E-state index is -0.248. The average molecular weight is 338 g/mol. The SMILES string of the molecule is CC(C)(C)NC(=O)c1cc(I)ccc1Cl. The Morgan fingerprint density at radius 3 is 2.53 bits per heavy atom. The van der Waals surface area contributed by atoms with E-state index in [2.05, 4.69) is 27.9 Å². The molecule has 0 aliphatic rings. The molecule has 1 amide bonds. The van der Waals surface area contributed by atoms with Crippen molar-refractivity contribution in [2.24, 2.45) is 0 Å². The molecule has 1 aromatic rings. The molecule has 1 rings (SSSR count). The van der Waals surface area contributed by atoms with Crippen molar-refractivity contribution >= 4 is 40.1 Å². The number of carbonyl (C=O) groups is 1. The van der Waals surface area contributed by atoms with E-state index in [1.54, 1.807) is 12.1 Å². The van der Waals surface area contributed by atoms with Crippen LogP contribution in [-0.2, 0) is 0 Å². The van der Waals surface area contributed by atoms with Crippen molar-refractivity contribution in [3.05, 3.63) is 32.4 Å². The molecule has 1 aromatic carbocycles. The highest BCUT2D eigenvalue weighted by molar-refractivity contribution is 14.1. The van der Waals surface area contributed by atoms with E-state index < -0.39 is 0 Å². The van der Waals surface area contributed by atoms with Crippen molar-refractivity contribution in [1.82, 2.24) is 5.32 Å². The van der Waals surface area contributed by atoms with Crippen LogP contribution in [-0.4, -0.2) is 11.4 Å². The highest BCUT2D eigenvalue weighted by Gasteiger charge is 2.17. The van der Waals surface area contributed by atoms with Crippen LogP contribution >= 0.6 is 34.2 Å². The second-order valence-corrected chi connectivity index (χ2v) is 5.98. The molecule has 15 heavy (non-hydrogen) atoms. The van der Waals surface area contributed by atoms with E-state index in [-0.39, 0.29) is 11.4 Å². The first-order chi connectivity index (χ1) is 6.79. The first-order valence-electron chi connectivity index (χ1n) is 4.57. The molecule has 0 aromatic heterocycles. The monoisotopic (exact) mass is 337 g/mol. The summed E-state index contributed by atoms with van der Waals surface area (Å²) in [6.45, 7) is 5.81. The smallest absolute Gasteiger partial charge is 0.253 e. The number of hydrogen-bond donors (Lipinski definition) is 1. The first-order valence-corrected chi connectivity index (χ1v) is 6.03. The third-order valence-electron chi connectivity index (χ3n) is 1.66. The quantitative estimate of drug-likeness (QED) is 0.781. The molecular weight excluding hydrogens is 324 g/mol. The zero-order valence-corrected chi connectivity index (χ0v) is 11.8. The number of halogens is 2. The Bertz CT molecular complexity index is 385. The van der Waals surface area contributed by atoms with Crippen molar-refractivity contribution in [3.63, 3.8) is 0 Å². The van der Waals surface area contributed by atoms with Crippen LogP contribution in [0.5, 0.6) is 0 Å². The number of hydrogen-bond acceptors (Lipinski definition) is 1. The van der Waals surface area contributed by atoms with Gasteiger partial charge in [-0.25, -0.2) is 0 Å². The van der Waals surface area contributed by atoms with Crippen LogP contribution < -0.4 is 5.32 Å². The Balaban J connectivity index is 2.96. The summed E-state index contributed by atoms with van der Waals surface area (Å²) in [4.78, 5) is 11.8. The molecular formula is C11H13ClINO. The fraction of sp³-hybridized carbons (Fsp3) is 0.364. The van der Waals surface area contributed by atoms with Gasteiger partial charge >= 0.3 is 0 Å². The standard InChI is InChI=1S/C11H13ClINO/c1-11(2,3)14-10(15)8-6-7(13)4-5-9(8)12/h4-6H,1-3H3,(H,14,15). The molecule has 0 spiro atoms. The number of nitrogens with one attached hydrogen (secondary N) is 1. The first kappa shape index (κ1) is 12.8. The Hall–Kier alpha value is -0.290. The van der Waals surface area contributed by atoms with Crippen LogP contribution in [0.3, 0.4) is 0 Å². The van der Waals surface area contributed by atoms with Crippen molar-refractivity contribution in [2.45, 2.75) is 26.3 Å². The summed E-state index contributed by atoms with van der Waals surface area (Å²) in [6, 6.07) is 5.39. The van der Waals surface area contributed by atoms with Gasteiger partial charge in [0.2, 0.25) is 0 Å². The predicted octanol–water partition coefficient (Wildman–Crippen LogP) is 3.47. The molecule has 0 saturated carbocycles. The molecule has 0 heterocycles. The molecule has 0 fully saturated rings. The number of benzene rings is 1. The van der Waals surface area contributed by atoms with E-state index >= 15 is 0 Å². The summed E-state index contributed by atoms with van der Waals surface area (Å²) in [7, 11) is 0. The zero-order chi connectivity index (χ0) is 11.6. The van der Waals surface area contributed by atoms with Gasteiger partial charge in [0.05, 0.1) is 10.6 Å². The lowest BCUT2D eigenvalue weighted by molar-refractivity contribution is 0.0919. The van der Waals surface area contributed by atoms with Crippen molar-refractivity contribution in [1.29, 1.82) is 0 Å². The number of carbonyl (C=O) groups excluding carboxylic acids is 1. The van der Waals surface area contributed by atoms with Gasteiger partial charge in [0.1, 0.15) is 0 Å². The molecule has 0 atom stereocenters. The van der Waals surface area contributed by atoms with Crippen LogP contribution in [0.15, 0.2) is 18.2 Å². The number of rotatable bonds is 1. The average Bonchev–Trinajstić information content (AvgIpc) is 2.06. The van der Waals surface area contributed by atoms with Gasteiger partial charge in [-0.05, 0) is 61.6 Å². The maximum absolute atomic E-state index is 11.8. The van der Waals surface area contributed by atoms with Gasteiger partial charge in [0, 0.05) is 9.11 Å². The van der Waals surface area contributed by atoms with E-state index in [0.717, 1.165) is 3.57 Å². The van der Waals surface area contributed by atoms with Crippen LogP contribution in [0, 0.1) is 3.57 Å². The third-order valence-corrected chi connectivity index (χ3v) is 2.66. The van der Waals surface area contributed by atoms with Gasteiger partial charge in [-0.1, -0.05) is 11.6 Å². The van der Waals surface area contributed by atoms with Gasteiger partial charge in [-0.2, -0.15) is 0 Å². The fourth-order valence-corrected chi connectivity index (χ4v) is 1.77. The van der Waals surface area contributed by atoms with Crippen LogP contribution in [0.25, 0.3) is 0 Å². The van der Waals surface area contributed by atoms with Crippen molar-refractivity contribution in [2.75, 3.05) is 0 Å². The second kappa shape index (κ2) is 4.70. The van der Waals surface area contributed by atoms with Crippen LogP contribution in [0.2, 0.25) is 5.02 Å². The lowest BCUT2D eigenvalue weighted by atomic mass is 10.1. The Morgan fingerprint density at radius 1 is 1.40 bits per heavy atom. The van der Waals surface area contributed by atoms with Crippen molar-refractivity contribution < 1.29 is 4.79 Å². The highest BCUT2D eigenvalue weighted by Crippen LogP contribution is 2.19. The molecule has 0 bridgehead atoms. The molecule has 1 N–H and O–H groups in total. The van der Waals surface area contributed by atoms with Crippen LogP contribution in [0.1, 0.15) is 31.1 Å². The molecule has 0 unspecified atom stereocenters. The lowest BCUT2D eigenvalue weighted by Crippen LogP contribution is -2.40. The van der Waals surface area contributed by atoms with Gasteiger partial charge in [-0.15, -0.1) is 0 Å². The summed E-state index contributed by atoms with van der Waals surface area (Å²) in [6.07, 6.45) is 0.